The lowest BCUT2D eigenvalue weighted by atomic mass is 10.2. The van der Waals surface area contributed by atoms with E-state index in [1.165, 1.54) is 12.1 Å². The van der Waals surface area contributed by atoms with Crippen LogP contribution in [0, 0.1) is 5.82 Å². The van der Waals surface area contributed by atoms with Gasteiger partial charge in [0.15, 0.2) is 23.1 Å². The van der Waals surface area contributed by atoms with Crippen molar-refractivity contribution in [3.63, 3.8) is 0 Å². The van der Waals surface area contributed by atoms with Gasteiger partial charge in [0, 0.05) is 11.1 Å². The van der Waals surface area contributed by atoms with Crippen LogP contribution in [0.1, 0.15) is 20.8 Å². The molecule has 0 unspecified atom stereocenters. The van der Waals surface area contributed by atoms with Crippen LogP contribution < -0.4 is 20.5 Å². The third-order valence-electron chi connectivity index (χ3n) is 4.03. The van der Waals surface area contributed by atoms with Crippen molar-refractivity contribution in [2.24, 2.45) is 0 Å². The molecule has 3 N–H and O–H groups in total. The Balaban J connectivity index is 1.74. The molecule has 0 saturated heterocycles. The summed E-state index contributed by atoms with van der Waals surface area (Å²) >= 11 is 0. The average molecular weight is 386 g/mol. The molecule has 9 heteroatoms. The highest BCUT2D eigenvalue weighted by Crippen LogP contribution is 2.42. The predicted molar refractivity (Wildman–Crippen MR) is 102 cm³/mol. The predicted octanol–water partition coefficient (Wildman–Crippen LogP) is 4.01. The van der Waals surface area contributed by atoms with Crippen LogP contribution in [0.2, 0.25) is 0 Å². The number of carbonyl (C=O) groups is 1. The molecule has 8 nitrogen and oxygen atoms in total. The Morgan fingerprint density at radius 3 is 2.82 bits per heavy atom. The molecule has 0 aliphatic carbocycles. The number of halogens is 1. The van der Waals surface area contributed by atoms with E-state index in [4.69, 9.17) is 19.9 Å². The molecule has 4 rings (SSSR count). The minimum Gasteiger partial charge on any atom is -0.454 e. The zero-order chi connectivity index (χ0) is 20.1. The summed E-state index contributed by atoms with van der Waals surface area (Å²) in [6.45, 7) is 5.30. The first-order valence-corrected chi connectivity index (χ1v) is 8.60. The molecule has 0 spiro atoms. The molecule has 3 aromatic rings. The lowest BCUT2D eigenvalue weighted by molar-refractivity contribution is 0.0523. The third-order valence-corrected chi connectivity index (χ3v) is 4.03. The average Bonchev–Trinajstić information content (AvgIpc) is 3.21. The fourth-order valence-electron chi connectivity index (χ4n) is 2.87. The number of carbonyl (C=O) groups excluding carboxylic acids is 1. The third kappa shape index (κ3) is 3.15. The number of nitrogens with zero attached hydrogens (tertiary/aromatic N) is 2. The van der Waals surface area contributed by atoms with Gasteiger partial charge in [-0.1, -0.05) is 0 Å². The number of aromatic nitrogens is 2. The molecular weight excluding hydrogens is 367 g/mol. The molecule has 0 fully saturated rings. The van der Waals surface area contributed by atoms with E-state index >= 15 is 0 Å². The highest BCUT2D eigenvalue weighted by atomic mass is 19.1. The lowest BCUT2D eigenvalue weighted by Crippen LogP contribution is -2.27. The van der Waals surface area contributed by atoms with E-state index < -0.39 is 17.5 Å². The van der Waals surface area contributed by atoms with Crippen LogP contribution in [0.15, 0.2) is 30.3 Å². The summed E-state index contributed by atoms with van der Waals surface area (Å²) in [4.78, 5) is 12.5. The van der Waals surface area contributed by atoms with E-state index in [-0.39, 0.29) is 18.3 Å². The van der Waals surface area contributed by atoms with Gasteiger partial charge in [0.2, 0.25) is 6.79 Å². The summed E-state index contributed by atoms with van der Waals surface area (Å²) in [5.41, 5.74) is 6.32. The second-order valence-electron chi connectivity index (χ2n) is 7.29. The van der Waals surface area contributed by atoms with Crippen molar-refractivity contribution < 1.29 is 23.4 Å². The van der Waals surface area contributed by atoms with Gasteiger partial charge in [-0.3, -0.25) is 0 Å². The topological polar surface area (TPSA) is 101 Å². The van der Waals surface area contributed by atoms with Crippen molar-refractivity contribution in [1.29, 1.82) is 0 Å². The van der Waals surface area contributed by atoms with Gasteiger partial charge in [-0.2, -0.15) is 4.68 Å². The number of nitrogens with one attached hydrogen (secondary N) is 1. The Hall–Kier alpha value is -3.49. The number of nitrogens with two attached hydrogens (primary N) is 1. The van der Waals surface area contributed by atoms with Crippen LogP contribution >= 0.6 is 0 Å². The molecule has 1 aliphatic heterocycles. The zero-order valence-electron chi connectivity index (χ0n) is 15.6. The van der Waals surface area contributed by atoms with Crippen LogP contribution in [0.4, 0.5) is 26.4 Å². The largest absolute Gasteiger partial charge is 0.454 e. The van der Waals surface area contributed by atoms with Gasteiger partial charge in [-0.05, 0) is 51.1 Å². The number of fused-ring (bicyclic) bond motifs is 2. The number of nitrogen functional groups attached to an aromatic ring is 1. The van der Waals surface area contributed by atoms with Crippen molar-refractivity contribution in [3.8, 4) is 11.5 Å². The van der Waals surface area contributed by atoms with Gasteiger partial charge in [-0.15, -0.1) is 5.10 Å². The van der Waals surface area contributed by atoms with Crippen LogP contribution in [-0.4, -0.2) is 28.3 Å². The number of rotatable bonds is 2. The van der Waals surface area contributed by atoms with Gasteiger partial charge >= 0.3 is 6.09 Å². The van der Waals surface area contributed by atoms with E-state index in [2.05, 4.69) is 10.4 Å². The van der Waals surface area contributed by atoms with Crippen molar-refractivity contribution >= 4 is 34.2 Å². The van der Waals surface area contributed by atoms with E-state index in [9.17, 15) is 9.18 Å². The van der Waals surface area contributed by atoms with Crippen LogP contribution in [0.3, 0.4) is 0 Å². The number of ether oxygens (including phenoxy) is 3. The van der Waals surface area contributed by atoms with E-state index in [1.807, 2.05) is 0 Å². The normalized spacial score (nSPS) is 13.0. The summed E-state index contributed by atoms with van der Waals surface area (Å²) in [6.07, 6.45) is -0.658. The second-order valence-corrected chi connectivity index (χ2v) is 7.29. The maximum atomic E-state index is 14.3. The molecule has 28 heavy (non-hydrogen) atoms. The van der Waals surface area contributed by atoms with Crippen molar-refractivity contribution in [2.75, 3.05) is 17.8 Å². The smallest absolute Gasteiger partial charge is 0.435 e. The zero-order valence-corrected chi connectivity index (χ0v) is 15.6. The summed E-state index contributed by atoms with van der Waals surface area (Å²) in [6, 6.07) is 7.83. The molecule has 1 aromatic heterocycles. The molecule has 1 aliphatic rings. The molecule has 0 bridgehead atoms. The summed E-state index contributed by atoms with van der Waals surface area (Å²) in [7, 11) is 0. The standard InChI is InChI=1S/C19H19FN4O4/c1-19(2,3)28-18(25)24-13-8-10(4-5-11(13)17(21)23-24)22-15-12(20)6-7-14-16(15)27-9-26-14/h4-8,22H,9H2,1-3H3,(H2,21,23). The molecular formula is C19H19FN4O4. The highest BCUT2D eigenvalue weighted by molar-refractivity contribution is 5.97. The van der Waals surface area contributed by atoms with E-state index in [0.717, 1.165) is 4.68 Å². The second kappa shape index (κ2) is 6.29. The van der Waals surface area contributed by atoms with Gasteiger partial charge in [0.1, 0.15) is 11.3 Å². The quantitative estimate of drug-likeness (QED) is 0.686. The molecule has 2 heterocycles. The minimum absolute atomic E-state index is 0.0223. The van der Waals surface area contributed by atoms with Gasteiger partial charge in [0.05, 0.1) is 5.52 Å². The van der Waals surface area contributed by atoms with Gasteiger partial charge < -0.3 is 25.3 Å². The number of hydrogen-bond donors (Lipinski definition) is 2. The Morgan fingerprint density at radius 2 is 2.07 bits per heavy atom. The molecule has 0 atom stereocenters. The van der Waals surface area contributed by atoms with E-state index in [1.54, 1.807) is 39.0 Å². The van der Waals surface area contributed by atoms with Crippen molar-refractivity contribution in [1.82, 2.24) is 9.78 Å². The maximum absolute atomic E-state index is 14.3. The van der Waals surface area contributed by atoms with Crippen molar-refractivity contribution in [3.05, 3.63) is 36.1 Å². The Morgan fingerprint density at radius 1 is 1.29 bits per heavy atom. The molecule has 0 amide bonds. The van der Waals surface area contributed by atoms with Gasteiger partial charge in [0.25, 0.3) is 0 Å². The van der Waals surface area contributed by atoms with Crippen molar-refractivity contribution in [2.45, 2.75) is 26.4 Å². The lowest BCUT2D eigenvalue weighted by Gasteiger charge is -2.19. The minimum atomic E-state index is -0.689. The first kappa shape index (κ1) is 17.9. The number of hydrogen-bond acceptors (Lipinski definition) is 7. The highest BCUT2D eigenvalue weighted by Gasteiger charge is 2.24. The first-order valence-electron chi connectivity index (χ1n) is 8.60. The number of anilines is 3. The molecule has 0 radical (unpaired) electrons. The van der Waals surface area contributed by atoms with Gasteiger partial charge in [-0.25, -0.2) is 9.18 Å². The van der Waals surface area contributed by atoms with Crippen LogP contribution in [0.25, 0.3) is 10.9 Å². The number of benzene rings is 2. The molecule has 146 valence electrons. The van der Waals surface area contributed by atoms with E-state index in [0.29, 0.717) is 28.1 Å². The maximum Gasteiger partial charge on any atom is 0.435 e. The Bertz CT molecular complexity index is 1090. The fraction of sp³-hybridized carbons (Fsp3) is 0.263. The summed E-state index contributed by atoms with van der Waals surface area (Å²) < 4.78 is 31.4. The Kier molecular flexibility index (Phi) is 4.02. The summed E-state index contributed by atoms with van der Waals surface area (Å²) in [5, 5.41) is 7.62. The Labute approximate surface area is 160 Å². The summed E-state index contributed by atoms with van der Waals surface area (Å²) in [5.74, 6) is 0.439. The molecule has 2 aromatic carbocycles. The molecule has 0 saturated carbocycles. The first-order chi connectivity index (χ1) is 13.2. The monoisotopic (exact) mass is 386 g/mol. The SMILES string of the molecule is CC(C)(C)OC(=O)n1nc(N)c2ccc(Nc3c(F)ccc4c3OCO4)cc21. The van der Waals surface area contributed by atoms with Crippen LogP contribution in [0.5, 0.6) is 11.5 Å². The van der Waals surface area contributed by atoms with Crippen LogP contribution in [-0.2, 0) is 4.74 Å². The fourth-order valence-corrected chi connectivity index (χ4v) is 2.87.